The number of Topliss-reactive ketones (excluding diaryl/α,β-unsaturated/α-hetero) is 1. The SMILES string of the molecule is C[C@H](Cc1ccc(C(=O)CBr)cc1)NC(=O)c1ccc(O)c(Cl)c1. The molecule has 4 nitrogen and oxygen atoms in total. The summed E-state index contributed by atoms with van der Waals surface area (Å²) in [5, 5.41) is 12.7. The molecule has 2 rings (SSSR count). The number of alkyl halides is 1. The number of phenols is 1. The number of nitrogens with one attached hydrogen (secondary N) is 1. The van der Waals surface area contributed by atoms with Crippen LogP contribution < -0.4 is 5.32 Å². The normalized spacial score (nSPS) is 11.8. The van der Waals surface area contributed by atoms with Gasteiger partial charge in [0.1, 0.15) is 5.75 Å². The van der Waals surface area contributed by atoms with Gasteiger partial charge in [-0.1, -0.05) is 51.8 Å². The van der Waals surface area contributed by atoms with Gasteiger partial charge in [0, 0.05) is 17.2 Å². The van der Waals surface area contributed by atoms with E-state index < -0.39 is 0 Å². The number of ketones is 1. The van der Waals surface area contributed by atoms with Gasteiger partial charge in [-0.2, -0.15) is 0 Å². The monoisotopic (exact) mass is 409 g/mol. The van der Waals surface area contributed by atoms with Crippen LogP contribution >= 0.6 is 27.5 Å². The minimum absolute atomic E-state index is 0.0344. The van der Waals surface area contributed by atoms with Crippen molar-refractivity contribution < 1.29 is 14.7 Å². The highest BCUT2D eigenvalue weighted by atomic mass is 79.9. The van der Waals surface area contributed by atoms with Crippen molar-refractivity contribution >= 4 is 39.2 Å². The topological polar surface area (TPSA) is 66.4 Å². The van der Waals surface area contributed by atoms with Crippen molar-refractivity contribution in [3.8, 4) is 5.75 Å². The second-order valence-electron chi connectivity index (χ2n) is 5.50. The molecule has 0 aliphatic rings. The van der Waals surface area contributed by atoms with Gasteiger partial charge in [0.25, 0.3) is 5.91 Å². The molecule has 1 atom stereocenters. The lowest BCUT2D eigenvalue weighted by atomic mass is 10.0. The molecule has 0 aromatic heterocycles. The van der Waals surface area contributed by atoms with E-state index in [4.69, 9.17) is 11.6 Å². The van der Waals surface area contributed by atoms with Crippen LogP contribution in [0.25, 0.3) is 0 Å². The average molecular weight is 411 g/mol. The Bertz CT molecular complexity index is 746. The van der Waals surface area contributed by atoms with Crippen molar-refractivity contribution in [1.29, 1.82) is 0 Å². The minimum atomic E-state index is -0.254. The van der Waals surface area contributed by atoms with E-state index in [1.54, 1.807) is 12.1 Å². The van der Waals surface area contributed by atoms with Gasteiger partial charge in [-0.15, -0.1) is 0 Å². The van der Waals surface area contributed by atoms with Crippen molar-refractivity contribution in [3.63, 3.8) is 0 Å². The number of hydrogen-bond donors (Lipinski definition) is 2. The maximum Gasteiger partial charge on any atom is 0.251 e. The number of benzene rings is 2. The highest BCUT2D eigenvalue weighted by Gasteiger charge is 2.12. The summed E-state index contributed by atoms with van der Waals surface area (Å²) in [6.07, 6.45) is 0.639. The summed E-state index contributed by atoms with van der Waals surface area (Å²) in [5.41, 5.74) is 2.08. The van der Waals surface area contributed by atoms with Crippen molar-refractivity contribution in [3.05, 3.63) is 64.2 Å². The summed E-state index contributed by atoms with van der Waals surface area (Å²) in [4.78, 5) is 23.8. The molecule has 2 aromatic rings. The molecule has 0 saturated carbocycles. The van der Waals surface area contributed by atoms with E-state index in [1.165, 1.54) is 18.2 Å². The fraction of sp³-hybridized carbons (Fsp3) is 0.222. The third kappa shape index (κ3) is 4.82. The summed E-state index contributed by atoms with van der Waals surface area (Å²) >= 11 is 8.96. The average Bonchev–Trinajstić information content (AvgIpc) is 2.57. The molecule has 1 amide bonds. The highest BCUT2D eigenvalue weighted by Crippen LogP contribution is 2.23. The second kappa shape index (κ2) is 8.31. The fourth-order valence-electron chi connectivity index (χ4n) is 2.26. The molecule has 0 unspecified atom stereocenters. The molecule has 6 heteroatoms. The first-order valence-corrected chi connectivity index (χ1v) is 8.88. The lowest BCUT2D eigenvalue weighted by Gasteiger charge is -2.14. The minimum Gasteiger partial charge on any atom is -0.506 e. The summed E-state index contributed by atoms with van der Waals surface area (Å²) in [6, 6.07) is 11.6. The molecule has 0 aliphatic carbocycles. The van der Waals surface area contributed by atoms with E-state index in [0.29, 0.717) is 22.9 Å². The third-order valence-electron chi connectivity index (χ3n) is 3.53. The van der Waals surface area contributed by atoms with Crippen LogP contribution in [0.4, 0.5) is 0 Å². The van der Waals surface area contributed by atoms with Crippen molar-refractivity contribution in [2.45, 2.75) is 19.4 Å². The van der Waals surface area contributed by atoms with Crippen LogP contribution in [0, 0.1) is 0 Å². The zero-order chi connectivity index (χ0) is 17.7. The van der Waals surface area contributed by atoms with Crippen LogP contribution in [0.15, 0.2) is 42.5 Å². The zero-order valence-corrected chi connectivity index (χ0v) is 15.4. The van der Waals surface area contributed by atoms with Gasteiger partial charge in [0.15, 0.2) is 5.78 Å². The first-order chi connectivity index (χ1) is 11.4. The predicted molar refractivity (Wildman–Crippen MR) is 98.3 cm³/mol. The molecule has 0 heterocycles. The van der Waals surface area contributed by atoms with Gasteiger partial charge in [0.2, 0.25) is 0 Å². The number of phenolic OH excluding ortho intramolecular Hbond substituents is 1. The van der Waals surface area contributed by atoms with Crippen LogP contribution in [-0.2, 0) is 6.42 Å². The number of halogens is 2. The van der Waals surface area contributed by atoms with Gasteiger partial charge >= 0.3 is 0 Å². The van der Waals surface area contributed by atoms with Crippen LogP contribution in [0.1, 0.15) is 33.2 Å². The molecule has 0 bridgehead atoms. The Kier molecular flexibility index (Phi) is 6.40. The first kappa shape index (κ1) is 18.5. The predicted octanol–water partition coefficient (Wildman–Crippen LogP) is 3.98. The summed E-state index contributed by atoms with van der Waals surface area (Å²) in [5.74, 6) is -0.276. The molecule has 0 spiro atoms. The maximum atomic E-state index is 12.2. The number of hydrogen-bond acceptors (Lipinski definition) is 3. The number of carbonyl (C=O) groups is 2. The van der Waals surface area contributed by atoms with Gasteiger partial charge in [-0.05, 0) is 37.1 Å². The van der Waals surface area contributed by atoms with E-state index in [-0.39, 0.29) is 28.5 Å². The lowest BCUT2D eigenvalue weighted by Crippen LogP contribution is -2.34. The largest absolute Gasteiger partial charge is 0.506 e. The van der Waals surface area contributed by atoms with Crippen molar-refractivity contribution in [2.75, 3.05) is 5.33 Å². The summed E-state index contributed by atoms with van der Waals surface area (Å²) < 4.78 is 0. The van der Waals surface area contributed by atoms with Crippen LogP contribution in [0.2, 0.25) is 5.02 Å². The molecule has 0 saturated heterocycles. The zero-order valence-electron chi connectivity index (χ0n) is 13.1. The van der Waals surface area contributed by atoms with Crippen LogP contribution in [-0.4, -0.2) is 28.2 Å². The van der Waals surface area contributed by atoms with E-state index in [1.807, 2.05) is 19.1 Å². The quantitative estimate of drug-likeness (QED) is 0.559. The Hall–Kier alpha value is -1.85. The van der Waals surface area contributed by atoms with Gasteiger partial charge in [-0.3, -0.25) is 9.59 Å². The fourth-order valence-corrected chi connectivity index (χ4v) is 2.77. The molecule has 2 aromatic carbocycles. The van der Waals surface area contributed by atoms with Crippen LogP contribution in [0.3, 0.4) is 0 Å². The van der Waals surface area contributed by atoms with E-state index in [0.717, 1.165) is 5.56 Å². The van der Waals surface area contributed by atoms with E-state index >= 15 is 0 Å². The van der Waals surface area contributed by atoms with Gasteiger partial charge in [-0.25, -0.2) is 0 Å². The molecule has 126 valence electrons. The van der Waals surface area contributed by atoms with Crippen molar-refractivity contribution in [2.24, 2.45) is 0 Å². The van der Waals surface area contributed by atoms with E-state index in [2.05, 4.69) is 21.2 Å². The molecular weight excluding hydrogens is 394 g/mol. The first-order valence-electron chi connectivity index (χ1n) is 7.38. The Balaban J connectivity index is 1.97. The molecular formula is C18H17BrClNO3. The van der Waals surface area contributed by atoms with E-state index in [9.17, 15) is 14.7 Å². The molecule has 0 fully saturated rings. The second-order valence-corrected chi connectivity index (χ2v) is 6.47. The number of carbonyl (C=O) groups excluding carboxylic acids is 2. The van der Waals surface area contributed by atoms with Crippen molar-refractivity contribution in [1.82, 2.24) is 5.32 Å². The number of rotatable bonds is 6. The summed E-state index contributed by atoms with van der Waals surface area (Å²) in [6.45, 7) is 1.90. The Labute approximate surface area is 154 Å². The maximum absolute atomic E-state index is 12.2. The summed E-state index contributed by atoms with van der Waals surface area (Å²) in [7, 11) is 0. The third-order valence-corrected chi connectivity index (χ3v) is 4.34. The number of amides is 1. The Morgan fingerprint density at radius 3 is 2.38 bits per heavy atom. The molecule has 0 aliphatic heterocycles. The lowest BCUT2D eigenvalue weighted by molar-refractivity contribution is 0.0939. The smallest absolute Gasteiger partial charge is 0.251 e. The molecule has 24 heavy (non-hydrogen) atoms. The van der Waals surface area contributed by atoms with Gasteiger partial charge in [0.05, 0.1) is 10.4 Å². The number of aromatic hydroxyl groups is 1. The standard InChI is InChI=1S/C18H17BrClNO3/c1-11(8-12-2-4-13(5-3-12)17(23)10-19)21-18(24)14-6-7-16(22)15(20)9-14/h2-7,9,11,22H,8,10H2,1H3,(H,21,24)/t11-/m1/s1. The Morgan fingerprint density at radius 2 is 1.79 bits per heavy atom. The molecule has 2 N–H and O–H groups in total. The molecule has 0 radical (unpaired) electrons. The highest BCUT2D eigenvalue weighted by molar-refractivity contribution is 9.09. The Morgan fingerprint density at radius 1 is 1.17 bits per heavy atom. The van der Waals surface area contributed by atoms with Gasteiger partial charge < -0.3 is 10.4 Å². The van der Waals surface area contributed by atoms with Crippen LogP contribution in [0.5, 0.6) is 5.75 Å².